The van der Waals surface area contributed by atoms with Crippen molar-refractivity contribution in [2.75, 3.05) is 20.2 Å². The van der Waals surface area contributed by atoms with Crippen LogP contribution in [0, 0.1) is 6.92 Å². The Kier molecular flexibility index (Phi) is 5.02. The number of ether oxygens (including phenoxy) is 2. The molecule has 0 aliphatic carbocycles. The highest BCUT2D eigenvalue weighted by Crippen LogP contribution is 2.30. The maximum absolute atomic E-state index is 5.92. The van der Waals surface area contributed by atoms with Gasteiger partial charge in [0, 0.05) is 16.8 Å². The lowest BCUT2D eigenvalue weighted by atomic mass is 10.2. The molecule has 2 N–H and O–H groups in total. The molecule has 0 fully saturated rings. The van der Waals surface area contributed by atoms with Crippen molar-refractivity contribution in [1.82, 2.24) is 10.6 Å². The summed E-state index contributed by atoms with van der Waals surface area (Å²) in [7, 11) is 1.77. The van der Waals surface area contributed by atoms with Crippen LogP contribution in [-0.4, -0.2) is 32.3 Å². The van der Waals surface area contributed by atoms with E-state index < -0.39 is 0 Å². The minimum Gasteiger partial charge on any atom is -0.486 e. The molecule has 1 aliphatic heterocycles. The van der Waals surface area contributed by atoms with Crippen LogP contribution in [0.2, 0.25) is 0 Å². The number of thiophene rings is 1. The molecule has 2 heterocycles. The van der Waals surface area contributed by atoms with Gasteiger partial charge in [0.25, 0.3) is 0 Å². The number of aliphatic imine (C=N–C) groups is 1. The summed E-state index contributed by atoms with van der Waals surface area (Å²) < 4.78 is 11.6. The van der Waals surface area contributed by atoms with Gasteiger partial charge in [-0.15, -0.1) is 11.3 Å². The topological polar surface area (TPSA) is 54.9 Å². The van der Waals surface area contributed by atoms with Gasteiger partial charge in [-0.1, -0.05) is 12.1 Å². The van der Waals surface area contributed by atoms with E-state index in [1.165, 1.54) is 9.75 Å². The average molecular weight is 331 g/mol. The van der Waals surface area contributed by atoms with Crippen molar-refractivity contribution in [3.63, 3.8) is 0 Å². The molecule has 0 amide bonds. The molecule has 5 nitrogen and oxygen atoms in total. The molecular formula is C17H21N3O2S. The van der Waals surface area contributed by atoms with E-state index in [1.54, 1.807) is 18.4 Å². The lowest BCUT2D eigenvalue weighted by molar-refractivity contribution is 0.0936. The van der Waals surface area contributed by atoms with Crippen molar-refractivity contribution in [2.45, 2.75) is 19.6 Å². The predicted molar refractivity (Wildman–Crippen MR) is 93.6 cm³/mol. The Morgan fingerprint density at radius 1 is 1.22 bits per heavy atom. The summed E-state index contributed by atoms with van der Waals surface area (Å²) in [5, 5.41) is 6.60. The van der Waals surface area contributed by atoms with Crippen molar-refractivity contribution >= 4 is 17.3 Å². The smallest absolute Gasteiger partial charge is 0.191 e. The van der Waals surface area contributed by atoms with E-state index in [0.717, 1.165) is 24.0 Å². The van der Waals surface area contributed by atoms with E-state index in [0.29, 0.717) is 13.2 Å². The number of fused-ring (bicyclic) bond motifs is 1. The second-order valence-corrected chi connectivity index (χ2v) is 6.69. The first-order chi connectivity index (χ1) is 11.2. The third kappa shape index (κ3) is 4.16. The zero-order valence-electron chi connectivity index (χ0n) is 13.3. The fourth-order valence-corrected chi connectivity index (χ4v) is 3.18. The number of para-hydroxylation sites is 2. The van der Waals surface area contributed by atoms with Crippen molar-refractivity contribution in [1.29, 1.82) is 0 Å². The predicted octanol–water partition coefficient (Wildman–Crippen LogP) is 2.56. The molecule has 23 heavy (non-hydrogen) atoms. The Hall–Kier alpha value is -2.21. The number of nitrogens with zero attached hydrogens (tertiary/aromatic N) is 1. The van der Waals surface area contributed by atoms with Gasteiger partial charge in [0.2, 0.25) is 0 Å². The third-order valence-corrected chi connectivity index (χ3v) is 4.52. The summed E-state index contributed by atoms with van der Waals surface area (Å²) in [5.74, 6) is 2.36. The second-order valence-electron chi connectivity index (χ2n) is 5.32. The molecule has 2 aromatic rings. The molecule has 1 unspecified atom stereocenters. The van der Waals surface area contributed by atoms with Crippen LogP contribution in [0.3, 0.4) is 0 Å². The van der Waals surface area contributed by atoms with E-state index in [4.69, 9.17) is 9.47 Å². The van der Waals surface area contributed by atoms with E-state index in [9.17, 15) is 0 Å². The number of hydrogen-bond donors (Lipinski definition) is 2. The number of benzene rings is 1. The summed E-state index contributed by atoms with van der Waals surface area (Å²) in [6.45, 7) is 4.05. The van der Waals surface area contributed by atoms with Crippen LogP contribution >= 0.6 is 11.3 Å². The highest BCUT2D eigenvalue weighted by molar-refractivity contribution is 7.11. The van der Waals surface area contributed by atoms with Crippen molar-refractivity contribution < 1.29 is 9.47 Å². The maximum atomic E-state index is 5.92. The average Bonchev–Trinajstić information content (AvgIpc) is 3.00. The minimum absolute atomic E-state index is 0.0348. The monoisotopic (exact) mass is 331 g/mol. The Bertz CT molecular complexity index is 684. The normalized spacial score (nSPS) is 17.0. The SMILES string of the molecule is CN=C(NCc1ccc(C)s1)NCC1COc2ccccc2O1. The summed E-state index contributed by atoms with van der Waals surface area (Å²) >= 11 is 1.79. The molecular weight excluding hydrogens is 310 g/mol. The van der Waals surface area contributed by atoms with Gasteiger partial charge in [0.05, 0.1) is 13.1 Å². The minimum atomic E-state index is -0.0348. The van der Waals surface area contributed by atoms with E-state index >= 15 is 0 Å². The molecule has 1 atom stereocenters. The number of nitrogens with one attached hydrogen (secondary N) is 2. The summed E-state index contributed by atoms with van der Waals surface area (Å²) in [4.78, 5) is 6.85. The van der Waals surface area contributed by atoms with Crippen molar-refractivity contribution in [3.05, 3.63) is 46.2 Å². The first kappa shape index (κ1) is 15.7. The van der Waals surface area contributed by atoms with E-state index in [2.05, 4.69) is 34.7 Å². The van der Waals surface area contributed by atoms with E-state index in [1.807, 2.05) is 24.3 Å². The lowest BCUT2D eigenvalue weighted by Gasteiger charge is -2.27. The lowest BCUT2D eigenvalue weighted by Crippen LogP contribution is -2.45. The molecule has 0 saturated carbocycles. The quantitative estimate of drug-likeness (QED) is 0.668. The van der Waals surface area contributed by atoms with Crippen LogP contribution < -0.4 is 20.1 Å². The van der Waals surface area contributed by atoms with Gasteiger partial charge in [-0.2, -0.15) is 0 Å². The molecule has 1 aromatic carbocycles. The molecule has 0 saturated heterocycles. The molecule has 122 valence electrons. The Morgan fingerprint density at radius 2 is 2.04 bits per heavy atom. The van der Waals surface area contributed by atoms with Crippen LogP contribution in [-0.2, 0) is 6.54 Å². The number of guanidine groups is 1. The molecule has 1 aliphatic rings. The highest BCUT2D eigenvalue weighted by Gasteiger charge is 2.20. The van der Waals surface area contributed by atoms with Crippen LogP contribution in [0.15, 0.2) is 41.4 Å². The second kappa shape index (κ2) is 7.37. The molecule has 0 bridgehead atoms. The van der Waals surface area contributed by atoms with Gasteiger partial charge in [0.1, 0.15) is 12.7 Å². The number of rotatable bonds is 4. The molecule has 0 radical (unpaired) electrons. The van der Waals surface area contributed by atoms with E-state index in [-0.39, 0.29) is 6.10 Å². The van der Waals surface area contributed by atoms with Crippen LogP contribution in [0.1, 0.15) is 9.75 Å². The molecule has 1 aromatic heterocycles. The summed E-state index contributed by atoms with van der Waals surface area (Å²) in [5.41, 5.74) is 0. The van der Waals surface area contributed by atoms with Gasteiger partial charge in [-0.25, -0.2) is 0 Å². The molecule has 3 rings (SSSR count). The maximum Gasteiger partial charge on any atom is 0.191 e. The third-order valence-electron chi connectivity index (χ3n) is 3.51. The molecule has 0 spiro atoms. The van der Waals surface area contributed by atoms with Crippen LogP contribution in [0.25, 0.3) is 0 Å². The summed E-state index contributed by atoms with van der Waals surface area (Å²) in [6.07, 6.45) is -0.0348. The zero-order valence-corrected chi connectivity index (χ0v) is 14.2. The van der Waals surface area contributed by atoms with Gasteiger partial charge in [-0.3, -0.25) is 4.99 Å². The largest absolute Gasteiger partial charge is 0.486 e. The van der Waals surface area contributed by atoms with Gasteiger partial charge < -0.3 is 20.1 Å². The van der Waals surface area contributed by atoms with Gasteiger partial charge in [0.15, 0.2) is 17.5 Å². The number of aryl methyl sites for hydroxylation is 1. The fraction of sp³-hybridized carbons (Fsp3) is 0.353. The summed E-state index contributed by atoms with van der Waals surface area (Å²) in [6, 6.07) is 12.0. The van der Waals surface area contributed by atoms with Crippen molar-refractivity contribution in [3.8, 4) is 11.5 Å². The van der Waals surface area contributed by atoms with Crippen molar-refractivity contribution in [2.24, 2.45) is 4.99 Å². The first-order valence-corrected chi connectivity index (χ1v) is 8.44. The Labute approximate surface area is 140 Å². The van der Waals surface area contributed by atoms with Gasteiger partial charge in [-0.05, 0) is 31.2 Å². The van der Waals surface area contributed by atoms with Gasteiger partial charge >= 0.3 is 0 Å². The Balaban J connectivity index is 1.47. The highest BCUT2D eigenvalue weighted by atomic mass is 32.1. The standard InChI is InChI=1S/C17H21N3O2S/c1-12-7-8-14(23-12)10-20-17(18-2)19-9-13-11-21-15-5-3-4-6-16(15)22-13/h3-8,13H,9-11H2,1-2H3,(H2,18,19,20). The number of hydrogen-bond acceptors (Lipinski definition) is 4. The Morgan fingerprint density at radius 3 is 2.78 bits per heavy atom. The fourth-order valence-electron chi connectivity index (χ4n) is 2.35. The zero-order chi connectivity index (χ0) is 16.1. The van der Waals surface area contributed by atoms with Crippen LogP contribution in [0.5, 0.6) is 11.5 Å². The first-order valence-electron chi connectivity index (χ1n) is 7.63. The molecule has 6 heteroatoms. The van der Waals surface area contributed by atoms with Crippen LogP contribution in [0.4, 0.5) is 0 Å².